The largest absolute Gasteiger partial charge is 0.446 e. The van der Waals surface area contributed by atoms with Gasteiger partial charge in [-0.15, -0.1) is 13.0 Å². The first-order chi connectivity index (χ1) is 5.54. The van der Waals surface area contributed by atoms with Crippen molar-refractivity contribution in [2.24, 2.45) is 0 Å². The third-order valence-corrected chi connectivity index (χ3v) is 1.50. The summed E-state index contributed by atoms with van der Waals surface area (Å²) in [6.45, 7) is 6.64. The molecule has 1 unspecified atom stereocenters. The summed E-state index contributed by atoms with van der Waals surface area (Å²) in [6, 6.07) is 0. The number of ether oxygens (including phenoxy) is 1. The van der Waals surface area contributed by atoms with E-state index in [0.717, 1.165) is 6.42 Å². The van der Waals surface area contributed by atoms with Crippen molar-refractivity contribution in [3.05, 3.63) is 12.7 Å². The van der Waals surface area contributed by atoms with Crippen molar-refractivity contribution in [2.75, 3.05) is 0 Å². The van der Waals surface area contributed by atoms with Crippen LogP contribution in [0.2, 0.25) is 0 Å². The molecule has 0 radical (unpaired) electrons. The number of allylic oxidation sites excluding steroid dienone is 1. The van der Waals surface area contributed by atoms with Gasteiger partial charge in [-0.05, 0) is 13.3 Å². The van der Waals surface area contributed by atoms with E-state index >= 15 is 0 Å². The van der Waals surface area contributed by atoms with Crippen LogP contribution in [0.4, 0.5) is 0 Å². The maximum Gasteiger partial charge on any atom is 0.304 e. The van der Waals surface area contributed by atoms with Gasteiger partial charge in [0, 0.05) is 13.3 Å². The number of carbonyl (C=O) groups excluding carboxylic acids is 1. The summed E-state index contributed by atoms with van der Waals surface area (Å²) >= 11 is 0. The molecule has 12 heavy (non-hydrogen) atoms. The summed E-state index contributed by atoms with van der Waals surface area (Å²) in [5.74, 6) is 2.11. The molecule has 2 heteroatoms. The van der Waals surface area contributed by atoms with Gasteiger partial charge in [0.05, 0.1) is 0 Å². The zero-order chi connectivity index (χ0) is 9.61. The van der Waals surface area contributed by atoms with E-state index in [0.29, 0.717) is 6.42 Å². The van der Waals surface area contributed by atoms with E-state index < -0.39 is 5.60 Å². The highest BCUT2D eigenvalue weighted by molar-refractivity contribution is 5.67. The van der Waals surface area contributed by atoms with Crippen LogP contribution >= 0.6 is 0 Å². The Hall–Kier alpha value is -1.23. The third kappa shape index (κ3) is 3.82. The van der Waals surface area contributed by atoms with Gasteiger partial charge in [0.25, 0.3) is 0 Å². The van der Waals surface area contributed by atoms with Crippen LogP contribution in [-0.2, 0) is 9.53 Å². The summed E-state index contributed by atoms with van der Waals surface area (Å²) in [4.78, 5) is 10.6. The lowest BCUT2D eigenvalue weighted by molar-refractivity contribution is -0.150. The van der Waals surface area contributed by atoms with Crippen molar-refractivity contribution in [3.63, 3.8) is 0 Å². The van der Waals surface area contributed by atoms with Gasteiger partial charge in [0.2, 0.25) is 0 Å². The molecule has 0 aliphatic heterocycles. The first kappa shape index (κ1) is 10.8. The second-order valence-corrected chi connectivity index (χ2v) is 2.80. The van der Waals surface area contributed by atoms with Crippen LogP contribution in [0.15, 0.2) is 12.7 Å². The lowest BCUT2D eigenvalue weighted by atomic mass is 10.0. The van der Waals surface area contributed by atoms with Crippen molar-refractivity contribution in [2.45, 2.75) is 32.3 Å². The number of carbonyl (C=O) groups is 1. The fourth-order valence-corrected chi connectivity index (χ4v) is 0.847. The lowest BCUT2D eigenvalue weighted by Gasteiger charge is -2.22. The molecule has 0 rings (SSSR count). The van der Waals surface area contributed by atoms with Crippen molar-refractivity contribution in [3.8, 4) is 12.3 Å². The molecule has 0 aliphatic carbocycles. The number of hydrogen-bond donors (Lipinski definition) is 0. The van der Waals surface area contributed by atoms with Gasteiger partial charge in [-0.3, -0.25) is 4.79 Å². The topological polar surface area (TPSA) is 26.3 Å². The fourth-order valence-electron chi connectivity index (χ4n) is 0.847. The number of terminal acetylenes is 1. The molecular formula is C10H14O2. The fraction of sp³-hybridized carbons (Fsp3) is 0.500. The Bertz CT molecular complexity index is 212. The standard InChI is InChI=1S/C10H14O2/c1-5-7-8-10(4,6-2)12-9(3)11/h2,5H,1,7-8H2,3-4H3. The summed E-state index contributed by atoms with van der Waals surface area (Å²) in [6.07, 6.45) is 8.35. The molecule has 0 aliphatic rings. The second-order valence-electron chi connectivity index (χ2n) is 2.80. The van der Waals surface area contributed by atoms with E-state index in [2.05, 4.69) is 12.5 Å². The SMILES string of the molecule is C#CC(C)(CCC=C)OC(C)=O. The predicted molar refractivity (Wildman–Crippen MR) is 48.4 cm³/mol. The summed E-state index contributed by atoms with van der Waals surface area (Å²) in [7, 11) is 0. The van der Waals surface area contributed by atoms with Crippen molar-refractivity contribution in [1.29, 1.82) is 0 Å². The Labute approximate surface area is 73.6 Å². The van der Waals surface area contributed by atoms with E-state index in [-0.39, 0.29) is 5.97 Å². The van der Waals surface area contributed by atoms with E-state index in [9.17, 15) is 4.79 Å². The van der Waals surface area contributed by atoms with Crippen molar-refractivity contribution in [1.82, 2.24) is 0 Å². The van der Waals surface area contributed by atoms with Crippen LogP contribution in [0.25, 0.3) is 0 Å². The molecule has 0 saturated heterocycles. The summed E-state index contributed by atoms with van der Waals surface area (Å²) in [5, 5.41) is 0. The zero-order valence-electron chi connectivity index (χ0n) is 7.59. The van der Waals surface area contributed by atoms with Crippen LogP contribution in [0, 0.1) is 12.3 Å². The Morgan fingerprint density at radius 1 is 1.83 bits per heavy atom. The highest BCUT2D eigenvalue weighted by Crippen LogP contribution is 2.16. The van der Waals surface area contributed by atoms with E-state index in [4.69, 9.17) is 11.2 Å². The first-order valence-electron chi connectivity index (χ1n) is 3.82. The van der Waals surface area contributed by atoms with Gasteiger partial charge >= 0.3 is 5.97 Å². The maximum atomic E-state index is 10.6. The molecule has 0 spiro atoms. The molecule has 66 valence electrons. The number of esters is 1. The normalized spacial score (nSPS) is 14.1. The van der Waals surface area contributed by atoms with Gasteiger partial charge in [-0.2, -0.15) is 0 Å². The minimum Gasteiger partial charge on any atom is -0.446 e. The minimum absolute atomic E-state index is 0.348. The molecule has 1 atom stereocenters. The van der Waals surface area contributed by atoms with Crippen molar-refractivity contribution < 1.29 is 9.53 Å². The van der Waals surface area contributed by atoms with Gasteiger partial charge in [0.15, 0.2) is 5.60 Å². The Morgan fingerprint density at radius 2 is 2.42 bits per heavy atom. The predicted octanol–water partition coefficient (Wildman–Crippen LogP) is 1.91. The summed E-state index contributed by atoms with van der Waals surface area (Å²) < 4.78 is 4.97. The number of hydrogen-bond acceptors (Lipinski definition) is 2. The molecule has 0 bridgehead atoms. The van der Waals surface area contributed by atoms with Crippen LogP contribution < -0.4 is 0 Å². The molecule has 0 aromatic carbocycles. The Morgan fingerprint density at radius 3 is 2.75 bits per heavy atom. The van der Waals surface area contributed by atoms with Crippen LogP contribution in [0.3, 0.4) is 0 Å². The van der Waals surface area contributed by atoms with Gasteiger partial charge in [-0.1, -0.05) is 12.0 Å². The molecular weight excluding hydrogens is 152 g/mol. The Balaban J connectivity index is 4.16. The molecule has 0 heterocycles. The van der Waals surface area contributed by atoms with Crippen molar-refractivity contribution >= 4 is 5.97 Å². The summed E-state index contributed by atoms with van der Waals surface area (Å²) in [5.41, 5.74) is -0.778. The van der Waals surface area contributed by atoms with Crippen LogP contribution in [0.1, 0.15) is 26.7 Å². The molecule has 0 aromatic rings. The average Bonchev–Trinajstić information content (AvgIpc) is 2.00. The van der Waals surface area contributed by atoms with Gasteiger partial charge in [-0.25, -0.2) is 0 Å². The first-order valence-corrected chi connectivity index (χ1v) is 3.82. The lowest BCUT2D eigenvalue weighted by Crippen LogP contribution is -2.28. The maximum absolute atomic E-state index is 10.6. The van der Waals surface area contributed by atoms with Gasteiger partial charge < -0.3 is 4.74 Å². The van der Waals surface area contributed by atoms with E-state index in [1.165, 1.54) is 6.92 Å². The Kier molecular flexibility index (Phi) is 4.14. The minimum atomic E-state index is -0.778. The monoisotopic (exact) mass is 166 g/mol. The quantitative estimate of drug-likeness (QED) is 0.362. The van der Waals surface area contributed by atoms with Crippen LogP contribution in [-0.4, -0.2) is 11.6 Å². The average molecular weight is 166 g/mol. The van der Waals surface area contributed by atoms with E-state index in [1.807, 2.05) is 0 Å². The third-order valence-electron chi connectivity index (χ3n) is 1.50. The molecule has 0 fully saturated rings. The molecule has 2 nitrogen and oxygen atoms in total. The highest BCUT2D eigenvalue weighted by Gasteiger charge is 2.23. The molecule has 0 aromatic heterocycles. The second kappa shape index (κ2) is 4.61. The van der Waals surface area contributed by atoms with E-state index in [1.54, 1.807) is 13.0 Å². The highest BCUT2D eigenvalue weighted by atomic mass is 16.6. The molecule has 0 amide bonds. The molecule has 0 saturated carbocycles. The van der Waals surface area contributed by atoms with Crippen LogP contribution in [0.5, 0.6) is 0 Å². The molecule has 0 N–H and O–H groups in total. The number of rotatable bonds is 4. The zero-order valence-corrected chi connectivity index (χ0v) is 7.59. The van der Waals surface area contributed by atoms with Gasteiger partial charge in [0.1, 0.15) is 0 Å². The smallest absolute Gasteiger partial charge is 0.304 e.